The molecule has 3 aliphatic carbocycles. The van der Waals surface area contributed by atoms with Gasteiger partial charge < -0.3 is 14.9 Å². The third-order valence-electron chi connectivity index (χ3n) is 8.10. The molecule has 1 heterocycles. The fourth-order valence-corrected chi connectivity index (χ4v) is 6.96. The molecule has 10 atom stereocenters. The van der Waals surface area contributed by atoms with Gasteiger partial charge in [-0.1, -0.05) is 27.7 Å². The Labute approximate surface area is 146 Å². The highest BCUT2D eigenvalue weighted by Gasteiger charge is 2.75. The highest BCUT2D eigenvalue weighted by molar-refractivity contribution is 5.94. The zero-order valence-corrected chi connectivity index (χ0v) is 15.1. The molecule has 2 bridgehead atoms. The van der Waals surface area contributed by atoms with Gasteiger partial charge in [0.25, 0.3) is 0 Å². The predicted molar refractivity (Wildman–Crippen MR) is 86.2 cm³/mol. The molecule has 138 valence electrons. The second-order valence-electron chi connectivity index (χ2n) is 9.14. The lowest BCUT2D eigenvalue weighted by Crippen LogP contribution is -2.71. The number of rotatable bonds is 0. The lowest BCUT2D eigenvalue weighted by atomic mass is 9.39. The summed E-state index contributed by atoms with van der Waals surface area (Å²) in [6, 6.07) is 0. The summed E-state index contributed by atoms with van der Waals surface area (Å²) >= 11 is 0. The van der Waals surface area contributed by atoms with E-state index in [1.807, 2.05) is 20.8 Å². The van der Waals surface area contributed by atoms with Crippen molar-refractivity contribution in [3.8, 4) is 0 Å². The summed E-state index contributed by atoms with van der Waals surface area (Å²) in [6.45, 7) is 7.30. The molecule has 0 spiro atoms. The van der Waals surface area contributed by atoms with Gasteiger partial charge in [-0.05, 0) is 11.8 Å². The molecule has 0 amide bonds. The van der Waals surface area contributed by atoms with Gasteiger partial charge in [0, 0.05) is 35.5 Å². The number of fused-ring (bicyclic) bond motifs is 6. The van der Waals surface area contributed by atoms with E-state index < -0.39 is 46.9 Å². The van der Waals surface area contributed by atoms with Gasteiger partial charge in [0.05, 0.1) is 12.0 Å². The molecule has 1 aliphatic heterocycles. The molecule has 4 fully saturated rings. The average molecular weight is 350 g/mol. The number of ether oxygens (including phenoxy) is 1. The zero-order valence-electron chi connectivity index (χ0n) is 15.1. The molecule has 0 aromatic carbocycles. The van der Waals surface area contributed by atoms with Crippen molar-refractivity contribution in [2.24, 2.45) is 40.4 Å². The molecule has 6 nitrogen and oxygen atoms in total. The molecule has 0 radical (unpaired) electrons. The summed E-state index contributed by atoms with van der Waals surface area (Å²) in [5.74, 6) is -2.54. The number of Topliss-reactive ketones (excluding diaryl/α,β-unsaturated/α-hetero) is 2. The second-order valence-corrected chi connectivity index (χ2v) is 9.14. The fourth-order valence-electron chi connectivity index (χ4n) is 6.96. The van der Waals surface area contributed by atoms with Gasteiger partial charge in [-0.25, -0.2) is 0 Å². The van der Waals surface area contributed by atoms with Crippen molar-refractivity contribution in [2.75, 3.05) is 0 Å². The number of hydrogen-bond donors (Lipinski definition) is 2. The Balaban J connectivity index is 1.93. The van der Waals surface area contributed by atoms with Gasteiger partial charge in [-0.2, -0.15) is 0 Å². The van der Waals surface area contributed by atoms with Crippen molar-refractivity contribution < 1.29 is 29.3 Å². The third kappa shape index (κ3) is 1.75. The number of ketones is 2. The molecule has 2 N–H and O–H groups in total. The quantitative estimate of drug-likeness (QED) is 0.625. The van der Waals surface area contributed by atoms with Gasteiger partial charge in [-0.15, -0.1) is 0 Å². The van der Waals surface area contributed by atoms with Crippen LogP contribution in [-0.4, -0.2) is 46.1 Å². The summed E-state index contributed by atoms with van der Waals surface area (Å²) in [5, 5.41) is 21.9. The molecule has 1 saturated heterocycles. The lowest BCUT2D eigenvalue weighted by molar-refractivity contribution is -0.223. The van der Waals surface area contributed by atoms with Crippen LogP contribution < -0.4 is 0 Å². The molecule has 4 rings (SSSR count). The predicted octanol–water partition coefficient (Wildman–Crippen LogP) is 0.726. The summed E-state index contributed by atoms with van der Waals surface area (Å²) < 4.78 is 5.42. The minimum absolute atomic E-state index is 0.0461. The Kier molecular flexibility index (Phi) is 3.37. The Morgan fingerprint density at radius 1 is 1.08 bits per heavy atom. The number of esters is 1. The normalized spacial score (nSPS) is 57.8. The maximum absolute atomic E-state index is 13.2. The molecule has 0 aromatic rings. The fraction of sp³-hybridized carbons (Fsp3) is 0.842. The number of carbonyl (C=O) groups excluding carboxylic acids is 3. The monoisotopic (exact) mass is 350 g/mol. The summed E-state index contributed by atoms with van der Waals surface area (Å²) in [7, 11) is 0. The van der Waals surface area contributed by atoms with E-state index in [0.29, 0.717) is 0 Å². The van der Waals surface area contributed by atoms with E-state index in [9.17, 15) is 24.6 Å². The number of carbonyl (C=O) groups is 3. The molecule has 25 heavy (non-hydrogen) atoms. The van der Waals surface area contributed by atoms with Crippen LogP contribution in [0.5, 0.6) is 0 Å². The van der Waals surface area contributed by atoms with Crippen LogP contribution in [0.1, 0.15) is 40.5 Å². The maximum atomic E-state index is 13.2. The summed E-state index contributed by atoms with van der Waals surface area (Å²) in [4.78, 5) is 38.1. The van der Waals surface area contributed by atoms with Crippen LogP contribution in [0.2, 0.25) is 0 Å². The van der Waals surface area contributed by atoms with Gasteiger partial charge in [0.15, 0.2) is 5.78 Å². The Bertz CT molecular complexity index is 673. The number of aliphatic hydroxyl groups excluding tert-OH is 2. The Morgan fingerprint density at radius 3 is 2.36 bits per heavy atom. The van der Waals surface area contributed by atoms with E-state index >= 15 is 0 Å². The topological polar surface area (TPSA) is 101 Å². The standard InChI is InChI=1S/C19H26O6/c1-7-5-10(20)16(23)18(3)9(7)6-11(21)19(4)12-8(2)14(25-17(12)24)13(22)15(18)19/h7-9,12-16,22-23H,5-6H2,1-4H3/t7?,8-,9+,12-,13+,14-,15-,16-,18+,19+/m1/s1. The minimum Gasteiger partial charge on any atom is -0.459 e. The first-order valence-electron chi connectivity index (χ1n) is 9.18. The van der Waals surface area contributed by atoms with E-state index in [0.717, 1.165) is 0 Å². The molecular weight excluding hydrogens is 324 g/mol. The summed E-state index contributed by atoms with van der Waals surface area (Å²) in [6.07, 6.45) is -2.51. The van der Waals surface area contributed by atoms with Crippen molar-refractivity contribution in [3.63, 3.8) is 0 Å². The van der Waals surface area contributed by atoms with Crippen LogP contribution >= 0.6 is 0 Å². The van der Waals surface area contributed by atoms with Crippen LogP contribution in [0.25, 0.3) is 0 Å². The van der Waals surface area contributed by atoms with E-state index in [4.69, 9.17) is 4.74 Å². The van der Waals surface area contributed by atoms with Crippen molar-refractivity contribution >= 4 is 17.5 Å². The van der Waals surface area contributed by atoms with Crippen LogP contribution in [0.4, 0.5) is 0 Å². The number of aliphatic hydroxyl groups is 2. The molecule has 0 aromatic heterocycles. The van der Waals surface area contributed by atoms with E-state index in [-0.39, 0.29) is 42.2 Å². The lowest BCUT2D eigenvalue weighted by Gasteiger charge is -2.63. The van der Waals surface area contributed by atoms with Crippen LogP contribution in [0, 0.1) is 40.4 Å². The Morgan fingerprint density at radius 2 is 1.72 bits per heavy atom. The minimum atomic E-state index is -1.23. The Hall–Kier alpha value is -1.27. The maximum Gasteiger partial charge on any atom is 0.310 e. The summed E-state index contributed by atoms with van der Waals surface area (Å²) in [5.41, 5.74) is -2.06. The average Bonchev–Trinajstić information content (AvgIpc) is 2.78. The van der Waals surface area contributed by atoms with Gasteiger partial charge in [0.1, 0.15) is 18.0 Å². The van der Waals surface area contributed by atoms with Crippen LogP contribution in [-0.2, 0) is 19.1 Å². The van der Waals surface area contributed by atoms with Crippen molar-refractivity contribution in [2.45, 2.75) is 58.8 Å². The van der Waals surface area contributed by atoms with E-state index in [1.165, 1.54) is 0 Å². The molecular formula is C19H26O6. The van der Waals surface area contributed by atoms with Crippen molar-refractivity contribution in [3.05, 3.63) is 0 Å². The van der Waals surface area contributed by atoms with Gasteiger partial charge in [-0.3, -0.25) is 14.4 Å². The third-order valence-corrected chi connectivity index (χ3v) is 8.10. The van der Waals surface area contributed by atoms with E-state index in [2.05, 4.69) is 0 Å². The smallest absolute Gasteiger partial charge is 0.310 e. The highest BCUT2D eigenvalue weighted by Crippen LogP contribution is 2.67. The second kappa shape index (κ2) is 4.92. The van der Waals surface area contributed by atoms with Crippen molar-refractivity contribution in [1.29, 1.82) is 0 Å². The molecule has 1 unspecified atom stereocenters. The first-order valence-corrected chi connectivity index (χ1v) is 9.18. The SMILES string of the molecule is CC1CC(=O)[C@@H](O)[C@@]2(C)[C@H]1CC(=O)[C@@]1(C)[C@H]3C(=O)O[C@H]([C@@H]3C)[C@H](O)[C@@H]12. The first kappa shape index (κ1) is 17.2. The van der Waals surface area contributed by atoms with E-state index in [1.54, 1.807) is 6.92 Å². The van der Waals surface area contributed by atoms with Gasteiger partial charge in [0.2, 0.25) is 0 Å². The first-order chi connectivity index (χ1) is 11.6. The van der Waals surface area contributed by atoms with Gasteiger partial charge >= 0.3 is 5.97 Å². The van der Waals surface area contributed by atoms with Crippen LogP contribution in [0.3, 0.4) is 0 Å². The van der Waals surface area contributed by atoms with Crippen LogP contribution in [0.15, 0.2) is 0 Å². The number of hydrogen-bond acceptors (Lipinski definition) is 6. The zero-order chi connectivity index (χ0) is 18.5. The molecule has 3 saturated carbocycles. The highest BCUT2D eigenvalue weighted by atomic mass is 16.6. The molecule has 4 aliphatic rings. The largest absolute Gasteiger partial charge is 0.459 e. The molecule has 6 heteroatoms. The van der Waals surface area contributed by atoms with Crippen molar-refractivity contribution in [1.82, 2.24) is 0 Å².